The molecular formula is C14H22N2O3. The lowest BCUT2D eigenvalue weighted by Crippen LogP contribution is -2.44. The van der Waals surface area contributed by atoms with Gasteiger partial charge in [0.2, 0.25) is 0 Å². The van der Waals surface area contributed by atoms with Crippen molar-refractivity contribution in [3.05, 3.63) is 0 Å². The van der Waals surface area contributed by atoms with Crippen LogP contribution in [0.4, 0.5) is 4.79 Å². The summed E-state index contributed by atoms with van der Waals surface area (Å²) >= 11 is 0. The van der Waals surface area contributed by atoms with Crippen molar-refractivity contribution < 1.29 is 14.7 Å². The standard InChI is InChI=1S/C14H22N2O3/c17-13(18)11-8-10-4-5-12(11)16(10)14(19)15-7-6-9-2-1-3-9/h9-12H,1-8H2,(H,15,19)(H,17,18). The SMILES string of the molecule is O=C(O)C1CC2CCC1N2C(=O)NCCC1CCC1. The Kier molecular flexibility index (Phi) is 3.37. The molecule has 3 fully saturated rings. The van der Waals surface area contributed by atoms with E-state index in [1.807, 2.05) is 0 Å². The zero-order chi connectivity index (χ0) is 13.4. The van der Waals surface area contributed by atoms with Crippen LogP contribution in [0.15, 0.2) is 0 Å². The predicted molar refractivity (Wildman–Crippen MR) is 69.7 cm³/mol. The number of hydrogen-bond acceptors (Lipinski definition) is 2. The third kappa shape index (κ3) is 2.30. The van der Waals surface area contributed by atoms with Crippen LogP contribution in [0.5, 0.6) is 0 Å². The lowest BCUT2D eigenvalue weighted by molar-refractivity contribution is -0.142. The van der Waals surface area contributed by atoms with E-state index in [1.165, 1.54) is 19.3 Å². The number of carboxylic acid groups (broad SMARTS) is 1. The summed E-state index contributed by atoms with van der Waals surface area (Å²) in [6, 6.07) is 0.0246. The largest absolute Gasteiger partial charge is 0.481 e. The predicted octanol–water partition coefficient (Wildman–Crippen LogP) is 1.82. The van der Waals surface area contributed by atoms with Crippen molar-refractivity contribution in [1.29, 1.82) is 0 Å². The first kappa shape index (κ1) is 12.8. The number of fused-ring (bicyclic) bond motifs is 2. The second-order valence-corrected chi connectivity index (χ2v) is 6.20. The molecule has 19 heavy (non-hydrogen) atoms. The molecule has 0 aromatic carbocycles. The summed E-state index contributed by atoms with van der Waals surface area (Å²) in [4.78, 5) is 25.1. The summed E-state index contributed by atoms with van der Waals surface area (Å²) in [6.07, 6.45) is 7.43. The molecule has 3 unspecified atom stereocenters. The number of rotatable bonds is 4. The molecule has 0 radical (unpaired) electrons. The van der Waals surface area contributed by atoms with E-state index in [2.05, 4.69) is 5.32 Å². The van der Waals surface area contributed by atoms with Crippen LogP contribution in [0.2, 0.25) is 0 Å². The van der Waals surface area contributed by atoms with Crippen molar-refractivity contribution in [3.8, 4) is 0 Å². The van der Waals surface area contributed by atoms with E-state index in [0.717, 1.165) is 31.7 Å². The van der Waals surface area contributed by atoms with Crippen LogP contribution in [-0.4, -0.2) is 40.6 Å². The summed E-state index contributed by atoms with van der Waals surface area (Å²) in [5.74, 6) is -0.307. The Morgan fingerprint density at radius 1 is 1.21 bits per heavy atom. The van der Waals surface area contributed by atoms with E-state index in [9.17, 15) is 9.59 Å². The molecule has 2 saturated heterocycles. The molecule has 2 aliphatic heterocycles. The smallest absolute Gasteiger partial charge is 0.317 e. The van der Waals surface area contributed by atoms with Crippen molar-refractivity contribution in [2.45, 2.75) is 57.0 Å². The minimum Gasteiger partial charge on any atom is -0.481 e. The molecule has 1 aliphatic carbocycles. The maximum Gasteiger partial charge on any atom is 0.317 e. The highest BCUT2D eigenvalue weighted by atomic mass is 16.4. The van der Waals surface area contributed by atoms with Gasteiger partial charge in [-0.05, 0) is 31.6 Å². The molecule has 1 saturated carbocycles. The summed E-state index contributed by atoms with van der Waals surface area (Å²) < 4.78 is 0. The molecular weight excluding hydrogens is 244 g/mol. The molecule has 0 aromatic rings. The molecule has 106 valence electrons. The average Bonchev–Trinajstić information content (AvgIpc) is 2.89. The normalized spacial score (nSPS) is 33.3. The number of carboxylic acids is 1. The Morgan fingerprint density at radius 2 is 2.00 bits per heavy atom. The molecule has 0 aromatic heterocycles. The van der Waals surface area contributed by atoms with Gasteiger partial charge in [0.05, 0.1) is 5.92 Å². The van der Waals surface area contributed by atoms with Gasteiger partial charge in [0.1, 0.15) is 0 Å². The fourth-order valence-corrected chi connectivity index (χ4v) is 3.83. The fourth-order valence-electron chi connectivity index (χ4n) is 3.83. The molecule has 5 nitrogen and oxygen atoms in total. The number of aliphatic carboxylic acids is 1. The molecule has 2 heterocycles. The van der Waals surface area contributed by atoms with Crippen molar-refractivity contribution in [1.82, 2.24) is 10.2 Å². The first-order valence-electron chi connectivity index (χ1n) is 7.46. The topological polar surface area (TPSA) is 69.6 Å². The summed E-state index contributed by atoms with van der Waals surface area (Å²) in [6.45, 7) is 0.733. The van der Waals surface area contributed by atoms with Gasteiger partial charge >= 0.3 is 12.0 Å². The summed E-state index contributed by atoms with van der Waals surface area (Å²) in [7, 11) is 0. The quantitative estimate of drug-likeness (QED) is 0.815. The number of urea groups is 1. The molecule has 2 N–H and O–H groups in total. The van der Waals surface area contributed by atoms with Gasteiger partial charge in [-0.15, -0.1) is 0 Å². The van der Waals surface area contributed by atoms with E-state index in [4.69, 9.17) is 5.11 Å². The molecule has 2 bridgehead atoms. The Labute approximate surface area is 113 Å². The maximum absolute atomic E-state index is 12.2. The summed E-state index contributed by atoms with van der Waals surface area (Å²) in [5, 5.41) is 12.1. The lowest BCUT2D eigenvalue weighted by Gasteiger charge is -2.27. The van der Waals surface area contributed by atoms with Gasteiger partial charge in [0.25, 0.3) is 0 Å². The zero-order valence-corrected chi connectivity index (χ0v) is 11.2. The van der Waals surface area contributed by atoms with Gasteiger partial charge in [-0.2, -0.15) is 0 Å². The highest BCUT2D eigenvalue weighted by Crippen LogP contribution is 2.41. The average molecular weight is 266 g/mol. The molecule has 3 rings (SSSR count). The van der Waals surface area contributed by atoms with Gasteiger partial charge in [0.15, 0.2) is 0 Å². The van der Waals surface area contributed by atoms with Crippen molar-refractivity contribution in [3.63, 3.8) is 0 Å². The number of nitrogens with one attached hydrogen (secondary N) is 1. The number of carbonyl (C=O) groups excluding carboxylic acids is 1. The lowest BCUT2D eigenvalue weighted by atomic mass is 9.83. The summed E-state index contributed by atoms with van der Waals surface area (Å²) in [5.41, 5.74) is 0. The van der Waals surface area contributed by atoms with Crippen LogP contribution in [0, 0.1) is 11.8 Å². The maximum atomic E-state index is 12.2. The molecule has 3 atom stereocenters. The van der Waals surface area contributed by atoms with Gasteiger partial charge in [-0.1, -0.05) is 19.3 Å². The second-order valence-electron chi connectivity index (χ2n) is 6.20. The van der Waals surface area contributed by atoms with Crippen LogP contribution >= 0.6 is 0 Å². The number of carbonyl (C=O) groups is 2. The third-order valence-corrected chi connectivity index (χ3v) is 5.14. The minimum absolute atomic E-state index is 0.0458. The van der Waals surface area contributed by atoms with Gasteiger partial charge in [0, 0.05) is 18.6 Å². The van der Waals surface area contributed by atoms with Crippen molar-refractivity contribution in [2.75, 3.05) is 6.54 Å². The van der Waals surface area contributed by atoms with Gasteiger partial charge in [-0.3, -0.25) is 4.79 Å². The number of amides is 2. The van der Waals surface area contributed by atoms with E-state index >= 15 is 0 Å². The van der Waals surface area contributed by atoms with E-state index < -0.39 is 5.97 Å². The molecule has 5 heteroatoms. The van der Waals surface area contributed by atoms with E-state index in [0.29, 0.717) is 6.42 Å². The monoisotopic (exact) mass is 266 g/mol. The van der Waals surface area contributed by atoms with Crippen molar-refractivity contribution in [2.24, 2.45) is 11.8 Å². The van der Waals surface area contributed by atoms with E-state index in [-0.39, 0.29) is 24.0 Å². The molecule has 2 amide bonds. The van der Waals surface area contributed by atoms with Crippen LogP contribution < -0.4 is 5.32 Å². The van der Waals surface area contributed by atoms with Gasteiger partial charge in [-0.25, -0.2) is 4.79 Å². The Hall–Kier alpha value is -1.26. The van der Waals surface area contributed by atoms with Crippen LogP contribution in [0.1, 0.15) is 44.9 Å². The fraction of sp³-hybridized carbons (Fsp3) is 0.857. The third-order valence-electron chi connectivity index (χ3n) is 5.14. The first-order valence-corrected chi connectivity index (χ1v) is 7.46. The molecule has 3 aliphatic rings. The van der Waals surface area contributed by atoms with Gasteiger partial charge < -0.3 is 15.3 Å². The molecule has 0 spiro atoms. The zero-order valence-electron chi connectivity index (χ0n) is 11.2. The van der Waals surface area contributed by atoms with Crippen LogP contribution in [0.25, 0.3) is 0 Å². The Morgan fingerprint density at radius 3 is 2.58 bits per heavy atom. The Balaban J connectivity index is 1.51. The highest BCUT2D eigenvalue weighted by molar-refractivity contribution is 5.79. The Bertz CT molecular complexity index is 381. The second kappa shape index (κ2) is 5.02. The van der Waals surface area contributed by atoms with Crippen LogP contribution in [0.3, 0.4) is 0 Å². The van der Waals surface area contributed by atoms with Crippen LogP contribution in [-0.2, 0) is 4.79 Å². The first-order chi connectivity index (χ1) is 9.16. The van der Waals surface area contributed by atoms with Crippen molar-refractivity contribution >= 4 is 12.0 Å². The van der Waals surface area contributed by atoms with E-state index in [1.54, 1.807) is 4.90 Å². The minimum atomic E-state index is -0.750. The number of hydrogen-bond donors (Lipinski definition) is 2. The highest BCUT2D eigenvalue weighted by Gasteiger charge is 2.51. The number of nitrogens with zero attached hydrogens (tertiary/aromatic N) is 1.